The van der Waals surface area contributed by atoms with Crippen molar-refractivity contribution in [1.29, 1.82) is 0 Å². The van der Waals surface area contributed by atoms with E-state index in [9.17, 15) is 0 Å². The van der Waals surface area contributed by atoms with Crippen molar-refractivity contribution in [3.05, 3.63) is 30.5 Å². The molecule has 3 heteroatoms. The third kappa shape index (κ3) is 2.40. The van der Waals surface area contributed by atoms with Gasteiger partial charge < -0.3 is 10.5 Å². The maximum Gasteiger partial charge on any atom is 0.121 e. The molecule has 0 spiro atoms. The summed E-state index contributed by atoms with van der Waals surface area (Å²) in [6.45, 7) is 0.834. The highest BCUT2D eigenvalue weighted by molar-refractivity contribution is 5.82. The first-order valence-electron chi connectivity index (χ1n) is 6.59. The van der Waals surface area contributed by atoms with Gasteiger partial charge in [0.05, 0.1) is 24.0 Å². The molecule has 0 unspecified atom stereocenters. The van der Waals surface area contributed by atoms with E-state index in [4.69, 9.17) is 10.5 Å². The Kier molecular flexibility index (Phi) is 3.05. The summed E-state index contributed by atoms with van der Waals surface area (Å²) in [4.78, 5) is 4.32. The van der Waals surface area contributed by atoms with Crippen LogP contribution < -0.4 is 10.5 Å². The van der Waals surface area contributed by atoms with Gasteiger partial charge in [-0.1, -0.05) is 12.8 Å². The number of rotatable bonds is 3. The van der Waals surface area contributed by atoms with E-state index in [1.165, 1.54) is 25.7 Å². The maximum absolute atomic E-state index is 5.86. The number of hydrogen-bond donors (Lipinski definition) is 1. The highest BCUT2D eigenvalue weighted by Gasteiger charge is 2.15. The minimum absolute atomic E-state index is 0.696. The van der Waals surface area contributed by atoms with Gasteiger partial charge in [0, 0.05) is 11.5 Å². The average molecular weight is 242 g/mol. The summed E-state index contributed by atoms with van der Waals surface area (Å²) >= 11 is 0. The molecule has 2 aromatic rings. The van der Waals surface area contributed by atoms with Crippen LogP contribution in [0.5, 0.6) is 5.75 Å². The Bertz CT molecular complexity index is 547. The Morgan fingerprint density at radius 3 is 2.89 bits per heavy atom. The fourth-order valence-electron chi connectivity index (χ4n) is 2.60. The second kappa shape index (κ2) is 4.84. The summed E-state index contributed by atoms with van der Waals surface area (Å²) in [7, 11) is 0. The summed E-state index contributed by atoms with van der Waals surface area (Å²) in [5, 5.41) is 1.06. The second-order valence-corrected chi connectivity index (χ2v) is 5.08. The van der Waals surface area contributed by atoms with Gasteiger partial charge in [-0.05, 0) is 37.0 Å². The molecule has 1 fully saturated rings. The highest BCUT2D eigenvalue weighted by Crippen LogP contribution is 2.26. The first-order chi connectivity index (χ1) is 8.81. The first kappa shape index (κ1) is 11.3. The third-order valence-electron chi connectivity index (χ3n) is 3.64. The molecule has 1 aliphatic carbocycles. The number of anilines is 1. The smallest absolute Gasteiger partial charge is 0.121 e. The SMILES string of the molecule is Nc1cnc2cc(OCC3CCCC3)ccc2c1. The van der Waals surface area contributed by atoms with Gasteiger partial charge in [-0.2, -0.15) is 0 Å². The van der Waals surface area contributed by atoms with Crippen LogP contribution in [0.15, 0.2) is 30.5 Å². The summed E-state index contributed by atoms with van der Waals surface area (Å²) < 4.78 is 5.86. The highest BCUT2D eigenvalue weighted by atomic mass is 16.5. The van der Waals surface area contributed by atoms with E-state index in [-0.39, 0.29) is 0 Å². The lowest BCUT2D eigenvalue weighted by Crippen LogP contribution is -2.07. The summed E-state index contributed by atoms with van der Waals surface area (Å²) in [6, 6.07) is 7.94. The lowest BCUT2D eigenvalue weighted by molar-refractivity contribution is 0.252. The first-order valence-corrected chi connectivity index (χ1v) is 6.59. The molecule has 0 saturated heterocycles. The molecular weight excluding hydrogens is 224 g/mol. The van der Waals surface area contributed by atoms with Crippen LogP contribution >= 0.6 is 0 Å². The molecule has 1 aliphatic rings. The van der Waals surface area contributed by atoms with Crippen molar-refractivity contribution in [2.75, 3.05) is 12.3 Å². The molecule has 2 N–H and O–H groups in total. The summed E-state index contributed by atoms with van der Waals surface area (Å²) in [5.74, 6) is 1.65. The van der Waals surface area contributed by atoms with Crippen LogP contribution in [0.3, 0.4) is 0 Å². The number of nitrogen functional groups attached to an aromatic ring is 1. The molecule has 3 nitrogen and oxygen atoms in total. The van der Waals surface area contributed by atoms with Crippen molar-refractivity contribution < 1.29 is 4.74 Å². The van der Waals surface area contributed by atoms with E-state index in [0.717, 1.165) is 29.2 Å². The minimum Gasteiger partial charge on any atom is -0.493 e. The van der Waals surface area contributed by atoms with Crippen molar-refractivity contribution in [3.8, 4) is 5.75 Å². The van der Waals surface area contributed by atoms with E-state index in [2.05, 4.69) is 4.98 Å². The quantitative estimate of drug-likeness (QED) is 0.897. The second-order valence-electron chi connectivity index (χ2n) is 5.08. The predicted molar refractivity (Wildman–Crippen MR) is 73.6 cm³/mol. The van der Waals surface area contributed by atoms with Gasteiger partial charge in [0.25, 0.3) is 0 Å². The fraction of sp³-hybridized carbons (Fsp3) is 0.400. The monoisotopic (exact) mass is 242 g/mol. The number of ether oxygens (including phenoxy) is 1. The average Bonchev–Trinajstić information content (AvgIpc) is 2.89. The zero-order valence-corrected chi connectivity index (χ0v) is 10.4. The normalized spacial score (nSPS) is 16.2. The number of aromatic nitrogens is 1. The molecule has 0 radical (unpaired) electrons. The van der Waals surface area contributed by atoms with Gasteiger partial charge in [0.15, 0.2) is 0 Å². The molecular formula is C15H18N2O. The molecule has 18 heavy (non-hydrogen) atoms. The lowest BCUT2D eigenvalue weighted by Gasteiger charge is -2.11. The van der Waals surface area contributed by atoms with E-state index in [0.29, 0.717) is 5.69 Å². The molecule has 0 bridgehead atoms. The number of nitrogens with two attached hydrogens (primary N) is 1. The van der Waals surface area contributed by atoms with Crippen LogP contribution in [0.25, 0.3) is 10.9 Å². The van der Waals surface area contributed by atoms with E-state index in [1.54, 1.807) is 6.20 Å². The lowest BCUT2D eigenvalue weighted by atomic mass is 10.1. The number of fused-ring (bicyclic) bond motifs is 1. The molecule has 0 amide bonds. The van der Waals surface area contributed by atoms with Crippen LogP contribution in [0.1, 0.15) is 25.7 Å². The molecule has 1 saturated carbocycles. The topological polar surface area (TPSA) is 48.1 Å². The summed E-state index contributed by atoms with van der Waals surface area (Å²) in [6.07, 6.45) is 7.01. The van der Waals surface area contributed by atoms with Crippen molar-refractivity contribution in [2.24, 2.45) is 5.92 Å². The van der Waals surface area contributed by atoms with E-state index in [1.807, 2.05) is 24.3 Å². The Labute approximate surface area is 107 Å². The number of pyridine rings is 1. The maximum atomic E-state index is 5.86. The van der Waals surface area contributed by atoms with Gasteiger partial charge >= 0.3 is 0 Å². The van der Waals surface area contributed by atoms with Gasteiger partial charge in [0.2, 0.25) is 0 Å². The Hall–Kier alpha value is -1.77. The van der Waals surface area contributed by atoms with Gasteiger partial charge in [0.1, 0.15) is 5.75 Å². The zero-order chi connectivity index (χ0) is 12.4. The van der Waals surface area contributed by atoms with Crippen molar-refractivity contribution in [3.63, 3.8) is 0 Å². The fourth-order valence-corrected chi connectivity index (χ4v) is 2.60. The number of benzene rings is 1. The molecule has 94 valence electrons. The number of hydrogen-bond acceptors (Lipinski definition) is 3. The third-order valence-corrected chi connectivity index (χ3v) is 3.64. The van der Waals surface area contributed by atoms with Crippen molar-refractivity contribution in [2.45, 2.75) is 25.7 Å². The van der Waals surface area contributed by atoms with Gasteiger partial charge in [-0.25, -0.2) is 0 Å². The van der Waals surface area contributed by atoms with Crippen LogP contribution in [0.4, 0.5) is 5.69 Å². The largest absolute Gasteiger partial charge is 0.493 e. The molecule has 3 rings (SSSR count). The molecule has 1 aromatic carbocycles. The number of nitrogens with zero attached hydrogens (tertiary/aromatic N) is 1. The Balaban J connectivity index is 1.74. The molecule has 1 heterocycles. The van der Waals surface area contributed by atoms with Crippen LogP contribution in [-0.4, -0.2) is 11.6 Å². The van der Waals surface area contributed by atoms with Crippen molar-refractivity contribution in [1.82, 2.24) is 4.98 Å². The van der Waals surface area contributed by atoms with E-state index < -0.39 is 0 Å². The predicted octanol–water partition coefficient (Wildman–Crippen LogP) is 3.39. The Morgan fingerprint density at radius 1 is 1.22 bits per heavy atom. The summed E-state index contributed by atoms with van der Waals surface area (Å²) in [5.41, 5.74) is 7.34. The molecule has 1 aromatic heterocycles. The van der Waals surface area contributed by atoms with Crippen LogP contribution in [0.2, 0.25) is 0 Å². The standard InChI is InChI=1S/C15H18N2O/c16-13-7-12-5-6-14(8-15(12)17-9-13)18-10-11-3-1-2-4-11/h5-9,11H,1-4,10,16H2. The van der Waals surface area contributed by atoms with Crippen molar-refractivity contribution >= 4 is 16.6 Å². The van der Waals surface area contributed by atoms with Crippen LogP contribution in [0, 0.1) is 5.92 Å². The van der Waals surface area contributed by atoms with Gasteiger partial charge in [-0.15, -0.1) is 0 Å². The molecule has 0 aliphatic heterocycles. The van der Waals surface area contributed by atoms with Gasteiger partial charge in [-0.3, -0.25) is 4.98 Å². The Morgan fingerprint density at radius 2 is 2.06 bits per heavy atom. The van der Waals surface area contributed by atoms with Crippen LogP contribution in [-0.2, 0) is 0 Å². The zero-order valence-electron chi connectivity index (χ0n) is 10.4. The minimum atomic E-state index is 0.696. The molecule has 0 atom stereocenters. The van der Waals surface area contributed by atoms with E-state index >= 15 is 0 Å².